The fourth-order valence-electron chi connectivity index (χ4n) is 1.95. The fraction of sp³-hybridized carbons (Fsp3) is 0.429. The average molecular weight is 312 g/mol. The molecule has 2 amide bonds. The highest BCUT2D eigenvalue weighted by Gasteiger charge is 2.21. The third-order valence-corrected chi connectivity index (χ3v) is 3.38. The maximum atomic E-state index is 11.9. The van der Waals surface area contributed by atoms with E-state index in [1.807, 2.05) is 0 Å². The lowest BCUT2D eigenvalue weighted by atomic mass is 10.2. The second-order valence-electron chi connectivity index (χ2n) is 4.59. The molecule has 0 aliphatic carbocycles. The molecule has 1 aromatic rings. The third kappa shape index (κ3) is 4.70. The van der Waals surface area contributed by atoms with E-state index < -0.39 is 6.10 Å². The van der Waals surface area contributed by atoms with Crippen molar-refractivity contribution in [1.29, 1.82) is 0 Å². The molecule has 1 aromatic carbocycles. The number of benzene rings is 1. The molecule has 114 valence electrons. The highest BCUT2D eigenvalue weighted by Crippen LogP contribution is 2.14. The summed E-state index contributed by atoms with van der Waals surface area (Å²) in [6.45, 7) is 2.47. The second-order valence-corrected chi connectivity index (χ2v) is 5.00. The Bertz CT molecular complexity index is 504. The van der Waals surface area contributed by atoms with Gasteiger partial charge in [-0.2, -0.15) is 0 Å². The van der Waals surface area contributed by atoms with Crippen molar-refractivity contribution in [3.8, 4) is 0 Å². The number of nitrogens with one attached hydrogen (secondary N) is 3. The number of morpholine rings is 1. The monoisotopic (exact) mass is 311 g/mol. The molecule has 1 atom stereocenters. The van der Waals surface area contributed by atoms with Crippen LogP contribution in [0.25, 0.3) is 0 Å². The molecule has 0 saturated carbocycles. The Kier molecular flexibility index (Phi) is 5.98. The van der Waals surface area contributed by atoms with Crippen LogP contribution in [-0.2, 0) is 9.53 Å². The van der Waals surface area contributed by atoms with E-state index in [1.54, 1.807) is 24.3 Å². The number of carbonyl (C=O) groups is 2. The number of hydrogen-bond acceptors (Lipinski definition) is 4. The minimum atomic E-state index is -0.460. The fourth-order valence-corrected chi connectivity index (χ4v) is 2.17. The standard InChI is InChI=1S/C14H18ClN3O3/c15-11-4-2-1-3-10(11)13(19)17-5-6-18-14(20)12-9-16-7-8-21-12/h1-4,12,16H,5-9H2,(H,17,19)(H,18,20). The summed E-state index contributed by atoms with van der Waals surface area (Å²) in [5, 5.41) is 8.91. The van der Waals surface area contributed by atoms with E-state index in [4.69, 9.17) is 16.3 Å². The van der Waals surface area contributed by atoms with E-state index in [0.717, 1.165) is 6.54 Å². The molecule has 2 rings (SSSR count). The number of rotatable bonds is 5. The van der Waals surface area contributed by atoms with Gasteiger partial charge >= 0.3 is 0 Å². The zero-order valence-corrected chi connectivity index (χ0v) is 12.3. The van der Waals surface area contributed by atoms with Gasteiger partial charge in [-0.1, -0.05) is 23.7 Å². The summed E-state index contributed by atoms with van der Waals surface area (Å²) in [7, 11) is 0. The normalized spacial score (nSPS) is 18.0. The van der Waals surface area contributed by atoms with E-state index >= 15 is 0 Å². The van der Waals surface area contributed by atoms with Crippen molar-refractivity contribution < 1.29 is 14.3 Å². The predicted octanol–water partition coefficient (Wildman–Crippen LogP) is 0.174. The van der Waals surface area contributed by atoms with Gasteiger partial charge in [0.25, 0.3) is 11.8 Å². The van der Waals surface area contributed by atoms with Crippen LogP contribution in [0.2, 0.25) is 5.02 Å². The Morgan fingerprint density at radius 2 is 2.05 bits per heavy atom. The molecule has 0 bridgehead atoms. The zero-order chi connectivity index (χ0) is 15.1. The minimum absolute atomic E-state index is 0.172. The van der Waals surface area contributed by atoms with Crippen LogP contribution in [0.3, 0.4) is 0 Å². The van der Waals surface area contributed by atoms with Crippen LogP contribution in [0.1, 0.15) is 10.4 Å². The van der Waals surface area contributed by atoms with Crippen molar-refractivity contribution in [2.24, 2.45) is 0 Å². The quantitative estimate of drug-likeness (QED) is 0.678. The molecule has 21 heavy (non-hydrogen) atoms. The van der Waals surface area contributed by atoms with Crippen LogP contribution in [0.5, 0.6) is 0 Å². The summed E-state index contributed by atoms with van der Waals surface area (Å²) in [5.74, 6) is -0.431. The maximum Gasteiger partial charge on any atom is 0.252 e. The van der Waals surface area contributed by atoms with Gasteiger partial charge in [0.2, 0.25) is 0 Å². The van der Waals surface area contributed by atoms with E-state index in [1.165, 1.54) is 0 Å². The Balaban J connectivity index is 1.68. The van der Waals surface area contributed by atoms with Gasteiger partial charge in [0.1, 0.15) is 6.10 Å². The summed E-state index contributed by atoms with van der Waals surface area (Å²) < 4.78 is 5.32. The largest absolute Gasteiger partial charge is 0.366 e. The third-order valence-electron chi connectivity index (χ3n) is 3.05. The van der Waals surface area contributed by atoms with Crippen LogP contribution >= 0.6 is 11.6 Å². The van der Waals surface area contributed by atoms with Gasteiger partial charge in [-0.25, -0.2) is 0 Å². The molecule has 6 nitrogen and oxygen atoms in total. The lowest BCUT2D eigenvalue weighted by molar-refractivity contribution is -0.134. The first-order valence-electron chi connectivity index (χ1n) is 6.81. The molecular formula is C14H18ClN3O3. The van der Waals surface area contributed by atoms with Gasteiger partial charge in [-0.05, 0) is 12.1 Å². The predicted molar refractivity (Wildman–Crippen MR) is 79.4 cm³/mol. The minimum Gasteiger partial charge on any atom is -0.366 e. The lowest BCUT2D eigenvalue weighted by Crippen LogP contribution is -2.49. The molecule has 1 saturated heterocycles. The smallest absolute Gasteiger partial charge is 0.252 e. The molecule has 0 aromatic heterocycles. The Labute approximate surface area is 128 Å². The number of carbonyl (C=O) groups excluding carboxylic acids is 2. The Morgan fingerprint density at radius 1 is 1.29 bits per heavy atom. The lowest BCUT2D eigenvalue weighted by Gasteiger charge is -2.22. The van der Waals surface area contributed by atoms with Gasteiger partial charge in [-0.15, -0.1) is 0 Å². The van der Waals surface area contributed by atoms with Crippen LogP contribution in [-0.4, -0.2) is 50.7 Å². The number of halogens is 1. The summed E-state index contributed by atoms with van der Waals surface area (Å²) in [6.07, 6.45) is -0.460. The summed E-state index contributed by atoms with van der Waals surface area (Å²) >= 11 is 5.93. The molecule has 0 spiro atoms. The van der Waals surface area contributed by atoms with Crippen LogP contribution in [0.4, 0.5) is 0 Å². The summed E-state index contributed by atoms with van der Waals surface area (Å²) in [5.41, 5.74) is 0.422. The topological polar surface area (TPSA) is 79.5 Å². The maximum absolute atomic E-state index is 11.9. The first-order chi connectivity index (χ1) is 10.2. The van der Waals surface area contributed by atoms with Crippen molar-refractivity contribution in [3.05, 3.63) is 34.9 Å². The molecule has 1 aliphatic rings. The van der Waals surface area contributed by atoms with Crippen molar-refractivity contribution in [1.82, 2.24) is 16.0 Å². The molecule has 0 radical (unpaired) electrons. The van der Waals surface area contributed by atoms with Gasteiger partial charge < -0.3 is 20.7 Å². The Morgan fingerprint density at radius 3 is 2.76 bits per heavy atom. The van der Waals surface area contributed by atoms with Crippen molar-refractivity contribution in [3.63, 3.8) is 0 Å². The van der Waals surface area contributed by atoms with Crippen molar-refractivity contribution in [2.75, 3.05) is 32.8 Å². The van der Waals surface area contributed by atoms with E-state index in [-0.39, 0.29) is 11.8 Å². The zero-order valence-electron chi connectivity index (χ0n) is 11.5. The highest BCUT2D eigenvalue weighted by atomic mass is 35.5. The van der Waals surface area contributed by atoms with Crippen LogP contribution in [0, 0.1) is 0 Å². The highest BCUT2D eigenvalue weighted by molar-refractivity contribution is 6.33. The average Bonchev–Trinajstić information content (AvgIpc) is 2.52. The number of ether oxygens (including phenoxy) is 1. The first kappa shape index (κ1) is 15.8. The molecule has 1 unspecified atom stereocenters. The van der Waals surface area contributed by atoms with E-state index in [2.05, 4.69) is 16.0 Å². The van der Waals surface area contributed by atoms with Gasteiger partial charge in [0, 0.05) is 26.2 Å². The Hall–Kier alpha value is -1.63. The number of hydrogen-bond donors (Lipinski definition) is 3. The molecule has 3 N–H and O–H groups in total. The van der Waals surface area contributed by atoms with Gasteiger partial charge in [0.05, 0.1) is 17.2 Å². The number of amides is 2. The van der Waals surface area contributed by atoms with Gasteiger partial charge in [0.15, 0.2) is 0 Å². The van der Waals surface area contributed by atoms with E-state index in [0.29, 0.717) is 36.8 Å². The van der Waals surface area contributed by atoms with E-state index in [9.17, 15) is 9.59 Å². The van der Waals surface area contributed by atoms with Crippen LogP contribution < -0.4 is 16.0 Å². The van der Waals surface area contributed by atoms with Crippen molar-refractivity contribution in [2.45, 2.75) is 6.10 Å². The molecule has 1 fully saturated rings. The first-order valence-corrected chi connectivity index (χ1v) is 7.19. The SMILES string of the molecule is O=C(NCCNC(=O)C1CNCCO1)c1ccccc1Cl. The van der Waals surface area contributed by atoms with Crippen LogP contribution in [0.15, 0.2) is 24.3 Å². The van der Waals surface area contributed by atoms with Crippen molar-refractivity contribution >= 4 is 23.4 Å². The molecule has 1 aliphatic heterocycles. The molecule has 1 heterocycles. The molecular weight excluding hydrogens is 294 g/mol. The summed E-state index contributed by atoms with van der Waals surface area (Å²) in [4.78, 5) is 23.6. The molecule has 7 heteroatoms. The van der Waals surface area contributed by atoms with Gasteiger partial charge in [-0.3, -0.25) is 9.59 Å². The second kappa shape index (κ2) is 7.97. The summed E-state index contributed by atoms with van der Waals surface area (Å²) in [6, 6.07) is 6.82.